The van der Waals surface area contributed by atoms with Crippen LogP contribution in [0, 0.1) is 10.1 Å². The van der Waals surface area contributed by atoms with Crippen molar-refractivity contribution in [1.82, 2.24) is 29.9 Å². The van der Waals surface area contributed by atoms with Gasteiger partial charge < -0.3 is 9.09 Å². The summed E-state index contributed by atoms with van der Waals surface area (Å²) in [5, 5.41) is 22.1. The van der Waals surface area contributed by atoms with Crippen LogP contribution >= 0.6 is 0 Å². The molecule has 0 fully saturated rings. The SMILES string of the molecule is CCc1[nH]nc(-c2nc(-c3cccc(Cn4cnc5ccccc54)c3)no2)c1[N+](=O)[O-]. The van der Waals surface area contributed by atoms with Gasteiger partial charge in [0.05, 0.1) is 22.3 Å². The lowest BCUT2D eigenvalue weighted by Crippen LogP contribution is -1.98. The number of hydrogen-bond donors (Lipinski definition) is 1. The minimum absolute atomic E-state index is 0.00339. The normalized spacial score (nSPS) is 11.3. The summed E-state index contributed by atoms with van der Waals surface area (Å²) in [6.45, 7) is 2.43. The van der Waals surface area contributed by atoms with Crippen molar-refractivity contribution in [1.29, 1.82) is 0 Å². The molecule has 10 nitrogen and oxygen atoms in total. The maximum Gasteiger partial charge on any atom is 0.322 e. The fraction of sp³-hybridized carbons (Fsp3) is 0.143. The van der Waals surface area contributed by atoms with Crippen LogP contribution in [-0.4, -0.2) is 34.8 Å². The summed E-state index contributed by atoms with van der Waals surface area (Å²) in [6, 6.07) is 15.7. The molecule has 0 spiro atoms. The van der Waals surface area contributed by atoms with Gasteiger partial charge in [0.1, 0.15) is 5.69 Å². The first-order valence-corrected chi connectivity index (χ1v) is 9.69. The van der Waals surface area contributed by atoms with E-state index in [2.05, 4.69) is 29.9 Å². The Bertz CT molecular complexity index is 1400. The molecule has 0 atom stereocenters. The highest BCUT2D eigenvalue weighted by molar-refractivity contribution is 5.75. The molecular formula is C21H17N7O3. The highest BCUT2D eigenvalue weighted by Crippen LogP contribution is 2.31. The molecule has 0 amide bonds. The summed E-state index contributed by atoms with van der Waals surface area (Å²) in [7, 11) is 0. The van der Waals surface area contributed by atoms with E-state index in [0.29, 0.717) is 24.5 Å². The monoisotopic (exact) mass is 415 g/mol. The first-order valence-electron chi connectivity index (χ1n) is 9.69. The Balaban J connectivity index is 1.46. The lowest BCUT2D eigenvalue weighted by molar-refractivity contribution is -0.384. The third kappa shape index (κ3) is 3.33. The summed E-state index contributed by atoms with van der Waals surface area (Å²) >= 11 is 0. The van der Waals surface area contributed by atoms with Crippen LogP contribution in [0.4, 0.5) is 5.69 Å². The molecule has 0 saturated carbocycles. The quantitative estimate of drug-likeness (QED) is 0.328. The zero-order valence-corrected chi connectivity index (χ0v) is 16.5. The predicted octanol–water partition coefficient (Wildman–Crippen LogP) is 4.00. The minimum atomic E-state index is -0.488. The molecule has 0 aliphatic carbocycles. The van der Waals surface area contributed by atoms with Gasteiger partial charge in [0, 0.05) is 12.1 Å². The number of nitrogens with zero attached hydrogens (tertiary/aromatic N) is 6. The number of aryl methyl sites for hydroxylation is 1. The first kappa shape index (κ1) is 18.7. The molecule has 0 aliphatic heterocycles. The van der Waals surface area contributed by atoms with Crippen molar-refractivity contribution in [3.63, 3.8) is 0 Å². The van der Waals surface area contributed by atoms with E-state index >= 15 is 0 Å². The largest absolute Gasteiger partial charge is 0.332 e. The molecule has 3 heterocycles. The van der Waals surface area contributed by atoms with Crippen molar-refractivity contribution in [3.05, 3.63) is 76.2 Å². The second-order valence-corrected chi connectivity index (χ2v) is 6.99. The first-order chi connectivity index (χ1) is 15.1. The van der Waals surface area contributed by atoms with Crippen LogP contribution in [-0.2, 0) is 13.0 Å². The Morgan fingerprint density at radius 3 is 2.90 bits per heavy atom. The smallest absolute Gasteiger partial charge is 0.322 e. The van der Waals surface area contributed by atoms with Gasteiger partial charge in [-0.15, -0.1) is 0 Å². The van der Waals surface area contributed by atoms with E-state index in [1.165, 1.54) is 0 Å². The maximum atomic E-state index is 11.5. The maximum absolute atomic E-state index is 11.5. The highest BCUT2D eigenvalue weighted by atomic mass is 16.6. The van der Waals surface area contributed by atoms with Gasteiger partial charge in [0.25, 0.3) is 5.89 Å². The van der Waals surface area contributed by atoms with Crippen LogP contribution in [0.15, 0.2) is 59.4 Å². The molecule has 3 aromatic heterocycles. The molecule has 1 N–H and O–H groups in total. The van der Waals surface area contributed by atoms with Crippen molar-refractivity contribution >= 4 is 16.7 Å². The number of H-pyrrole nitrogens is 1. The Hall–Kier alpha value is -4.34. The lowest BCUT2D eigenvalue weighted by atomic mass is 10.1. The van der Waals surface area contributed by atoms with Crippen molar-refractivity contribution in [2.24, 2.45) is 0 Å². The van der Waals surface area contributed by atoms with E-state index < -0.39 is 4.92 Å². The van der Waals surface area contributed by atoms with Gasteiger partial charge in [0.15, 0.2) is 0 Å². The second kappa shape index (κ2) is 7.48. The number of benzene rings is 2. The Labute approximate surface area is 175 Å². The third-order valence-corrected chi connectivity index (χ3v) is 5.04. The average Bonchev–Trinajstić information content (AvgIpc) is 3.52. The molecule has 0 saturated heterocycles. The number of rotatable bonds is 6. The lowest BCUT2D eigenvalue weighted by Gasteiger charge is -2.05. The molecule has 31 heavy (non-hydrogen) atoms. The van der Waals surface area contributed by atoms with Gasteiger partial charge >= 0.3 is 5.69 Å². The number of nitrogens with one attached hydrogen (secondary N) is 1. The van der Waals surface area contributed by atoms with Gasteiger partial charge in [-0.05, 0) is 30.2 Å². The molecule has 10 heteroatoms. The molecule has 154 valence electrons. The van der Waals surface area contributed by atoms with Gasteiger partial charge in [-0.2, -0.15) is 10.1 Å². The van der Waals surface area contributed by atoms with Crippen LogP contribution in [0.1, 0.15) is 18.2 Å². The summed E-state index contributed by atoms with van der Waals surface area (Å²) in [5.41, 5.74) is 4.08. The molecule has 2 aromatic carbocycles. The molecular weight excluding hydrogens is 398 g/mol. The molecule has 5 rings (SSSR count). The van der Waals surface area contributed by atoms with Gasteiger partial charge in [-0.1, -0.05) is 42.4 Å². The number of nitro groups is 1. The average molecular weight is 415 g/mol. The standard InChI is InChI=1S/C21H17N7O3/c1-2-15-19(28(29)30)18(25-24-15)21-23-20(26-31-21)14-7-5-6-13(10-14)11-27-12-22-16-8-3-4-9-17(16)27/h3-10,12H,2,11H2,1H3,(H,24,25). The van der Waals surface area contributed by atoms with Gasteiger partial charge in [0.2, 0.25) is 11.5 Å². The van der Waals surface area contributed by atoms with Crippen LogP contribution in [0.5, 0.6) is 0 Å². The van der Waals surface area contributed by atoms with E-state index in [9.17, 15) is 10.1 Å². The summed E-state index contributed by atoms with van der Waals surface area (Å²) in [6.07, 6.45) is 2.25. The van der Waals surface area contributed by atoms with E-state index in [0.717, 1.165) is 22.2 Å². The summed E-state index contributed by atoms with van der Waals surface area (Å²) < 4.78 is 7.36. The highest BCUT2D eigenvalue weighted by Gasteiger charge is 2.28. The van der Waals surface area contributed by atoms with Gasteiger partial charge in [-0.25, -0.2) is 4.98 Å². The van der Waals surface area contributed by atoms with Crippen molar-refractivity contribution in [2.45, 2.75) is 19.9 Å². The zero-order chi connectivity index (χ0) is 21.4. The fourth-order valence-corrected chi connectivity index (χ4v) is 3.54. The molecule has 0 bridgehead atoms. The number of fused-ring (bicyclic) bond motifs is 1. The van der Waals surface area contributed by atoms with Crippen molar-refractivity contribution in [3.8, 4) is 23.0 Å². The molecule has 0 radical (unpaired) electrons. The topological polar surface area (TPSA) is 129 Å². The Kier molecular flexibility index (Phi) is 4.51. The summed E-state index contributed by atoms with van der Waals surface area (Å²) in [4.78, 5) is 19.7. The number of imidazole rings is 1. The number of aromatic amines is 1. The van der Waals surface area contributed by atoms with Crippen molar-refractivity contribution in [2.75, 3.05) is 0 Å². The predicted molar refractivity (Wildman–Crippen MR) is 112 cm³/mol. The van der Waals surface area contributed by atoms with E-state index in [1.54, 1.807) is 6.92 Å². The Morgan fingerprint density at radius 1 is 1.19 bits per heavy atom. The van der Waals surface area contributed by atoms with Crippen LogP contribution in [0.2, 0.25) is 0 Å². The third-order valence-electron chi connectivity index (χ3n) is 5.04. The van der Waals surface area contributed by atoms with Crippen molar-refractivity contribution < 1.29 is 9.45 Å². The fourth-order valence-electron chi connectivity index (χ4n) is 3.54. The Morgan fingerprint density at radius 2 is 2.06 bits per heavy atom. The molecule has 5 aromatic rings. The number of hydrogen-bond acceptors (Lipinski definition) is 7. The zero-order valence-electron chi connectivity index (χ0n) is 16.5. The molecule has 0 unspecified atom stereocenters. The van der Waals surface area contributed by atoms with Gasteiger partial charge in [-0.3, -0.25) is 15.2 Å². The van der Waals surface area contributed by atoms with Crippen LogP contribution in [0.25, 0.3) is 34.0 Å². The van der Waals surface area contributed by atoms with Crippen LogP contribution < -0.4 is 0 Å². The molecule has 0 aliphatic rings. The number of aromatic nitrogens is 6. The van der Waals surface area contributed by atoms with E-state index in [1.807, 2.05) is 54.9 Å². The van der Waals surface area contributed by atoms with E-state index in [-0.39, 0.29) is 17.3 Å². The summed E-state index contributed by atoms with van der Waals surface area (Å²) in [5.74, 6) is 0.339. The van der Waals surface area contributed by atoms with Crippen LogP contribution in [0.3, 0.4) is 0 Å². The minimum Gasteiger partial charge on any atom is -0.332 e. The van der Waals surface area contributed by atoms with E-state index in [4.69, 9.17) is 4.52 Å². The second-order valence-electron chi connectivity index (χ2n) is 6.99. The number of para-hydroxylation sites is 2.